The highest BCUT2D eigenvalue weighted by atomic mass is 127. The number of halogens is 2. The molecule has 2 rings (SSSR count). The van der Waals surface area contributed by atoms with Gasteiger partial charge in [0.25, 0.3) is 0 Å². The SMILES string of the molecule is CN=C(NCCc1ccc(N(C)C)cc1)NCc1ccccc1F.I. The molecular weight excluding hydrogens is 430 g/mol. The highest BCUT2D eigenvalue weighted by molar-refractivity contribution is 14.0. The Morgan fingerprint density at radius 3 is 2.32 bits per heavy atom. The van der Waals surface area contributed by atoms with Gasteiger partial charge in [-0.05, 0) is 30.2 Å². The molecule has 0 atom stereocenters. The molecule has 0 unspecified atom stereocenters. The average molecular weight is 456 g/mol. The number of guanidine groups is 1. The number of nitrogens with one attached hydrogen (secondary N) is 2. The van der Waals surface area contributed by atoms with Crippen LogP contribution in [0.2, 0.25) is 0 Å². The van der Waals surface area contributed by atoms with Gasteiger partial charge in [-0.15, -0.1) is 24.0 Å². The van der Waals surface area contributed by atoms with E-state index in [0.717, 1.165) is 13.0 Å². The monoisotopic (exact) mass is 456 g/mol. The first kappa shape index (κ1) is 21.2. The Kier molecular flexibility index (Phi) is 9.26. The van der Waals surface area contributed by atoms with Gasteiger partial charge in [-0.25, -0.2) is 4.39 Å². The second kappa shape index (κ2) is 10.9. The van der Waals surface area contributed by atoms with Gasteiger partial charge in [0.15, 0.2) is 5.96 Å². The lowest BCUT2D eigenvalue weighted by atomic mass is 10.1. The maximum atomic E-state index is 13.6. The summed E-state index contributed by atoms with van der Waals surface area (Å²) in [5.74, 6) is 0.463. The molecule has 0 aliphatic carbocycles. The quantitative estimate of drug-likeness (QED) is 0.398. The van der Waals surface area contributed by atoms with Gasteiger partial charge in [-0.1, -0.05) is 30.3 Å². The number of aliphatic imine (C=N–C) groups is 1. The maximum Gasteiger partial charge on any atom is 0.191 e. The Morgan fingerprint density at radius 2 is 1.72 bits per heavy atom. The van der Waals surface area contributed by atoms with E-state index in [1.54, 1.807) is 19.2 Å². The van der Waals surface area contributed by atoms with Crippen molar-refractivity contribution in [3.63, 3.8) is 0 Å². The van der Waals surface area contributed by atoms with Gasteiger partial charge < -0.3 is 15.5 Å². The summed E-state index contributed by atoms with van der Waals surface area (Å²) in [6.07, 6.45) is 0.897. The number of hydrogen-bond acceptors (Lipinski definition) is 2. The minimum atomic E-state index is -0.207. The van der Waals surface area contributed by atoms with Crippen molar-refractivity contribution in [2.24, 2.45) is 4.99 Å². The third kappa shape index (κ3) is 6.89. The van der Waals surface area contributed by atoms with Gasteiger partial charge in [0.2, 0.25) is 0 Å². The standard InChI is InChI=1S/C19H25FN4.HI/c1-21-19(23-14-16-6-4-5-7-18(16)20)22-13-12-15-8-10-17(11-9-15)24(2)3;/h4-11H,12-14H2,1-3H3,(H2,21,22,23);1H. The molecule has 0 aromatic heterocycles. The van der Waals surface area contributed by atoms with Crippen LogP contribution in [0.4, 0.5) is 10.1 Å². The van der Waals surface area contributed by atoms with E-state index in [1.807, 2.05) is 20.2 Å². The van der Waals surface area contributed by atoms with E-state index in [4.69, 9.17) is 0 Å². The van der Waals surface area contributed by atoms with Crippen LogP contribution < -0.4 is 15.5 Å². The fourth-order valence-electron chi connectivity index (χ4n) is 2.33. The van der Waals surface area contributed by atoms with Gasteiger partial charge in [0.1, 0.15) is 5.82 Å². The van der Waals surface area contributed by atoms with E-state index in [2.05, 4.69) is 44.8 Å². The van der Waals surface area contributed by atoms with E-state index in [-0.39, 0.29) is 29.8 Å². The van der Waals surface area contributed by atoms with Crippen LogP contribution in [0.15, 0.2) is 53.5 Å². The number of nitrogens with zero attached hydrogens (tertiary/aromatic N) is 2. The lowest BCUT2D eigenvalue weighted by Crippen LogP contribution is -2.38. The molecular formula is C19H26FIN4. The fourth-order valence-corrected chi connectivity index (χ4v) is 2.33. The van der Waals surface area contributed by atoms with Crippen LogP contribution in [0.1, 0.15) is 11.1 Å². The Hall–Kier alpha value is -1.83. The van der Waals surface area contributed by atoms with E-state index in [9.17, 15) is 4.39 Å². The van der Waals surface area contributed by atoms with Crippen molar-refractivity contribution < 1.29 is 4.39 Å². The van der Waals surface area contributed by atoms with E-state index in [0.29, 0.717) is 18.1 Å². The average Bonchev–Trinajstić information content (AvgIpc) is 2.59. The highest BCUT2D eigenvalue weighted by Gasteiger charge is 2.03. The van der Waals surface area contributed by atoms with Crippen molar-refractivity contribution in [1.82, 2.24) is 10.6 Å². The van der Waals surface area contributed by atoms with Crippen LogP contribution >= 0.6 is 24.0 Å². The molecule has 0 spiro atoms. The van der Waals surface area contributed by atoms with Crippen LogP contribution in [0, 0.1) is 5.82 Å². The van der Waals surface area contributed by atoms with Crippen molar-refractivity contribution in [2.75, 3.05) is 32.6 Å². The molecule has 2 aromatic rings. The van der Waals surface area contributed by atoms with Gasteiger partial charge in [0.05, 0.1) is 0 Å². The topological polar surface area (TPSA) is 39.7 Å². The van der Waals surface area contributed by atoms with E-state index >= 15 is 0 Å². The summed E-state index contributed by atoms with van der Waals surface area (Å²) in [6.45, 7) is 1.17. The first-order valence-electron chi connectivity index (χ1n) is 8.04. The van der Waals surface area contributed by atoms with Crippen LogP contribution in [0.25, 0.3) is 0 Å². The number of hydrogen-bond donors (Lipinski definition) is 2. The van der Waals surface area contributed by atoms with Crippen molar-refractivity contribution in [3.8, 4) is 0 Å². The maximum absolute atomic E-state index is 13.6. The summed E-state index contributed by atoms with van der Waals surface area (Å²) < 4.78 is 13.6. The van der Waals surface area contributed by atoms with Gasteiger partial charge >= 0.3 is 0 Å². The molecule has 2 N–H and O–H groups in total. The molecule has 136 valence electrons. The van der Waals surface area contributed by atoms with Gasteiger partial charge in [-0.2, -0.15) is 0 Å². The predicted molar refractivity (Wildman–Crippen MR) is 114 cm³/mol. The second-order valence-corrected chi connectivity index (χ2v) is 5.75. The van der Waals surface area contributed by atoms with Crippen molar-refractivity contribution in [1.29, 1.82) is 0 Å². The normalized spacial score (nSPS) is 10.8. The predicted octanol–water partition coefficient (Wildman–Crippen LogP) is 3.42. The fraction of sp³-hybridized carbons (Fsp3) is 0.316. The second-order valence-electron chi connectivity index (χ2n) is 5.75. The van der Waals surface area contributed by atoms with E-state index < -0.39 is 0 Å². The summed E-state index contributed by atoms with van der Waals surface area (Å²) in [7, 11) is 5.77. The lowest BCUT2D eigenvalue weighted by Gasteiger charge is -2.14. The molecule has 0 saturated carbocycles. The van der Waals surface area contributed by atoms with Crippen molar-refractivity contribution in [3.05, 3.63) is 65.5 Å². The molecule has 25 heavy (non-hydrogen) atoms. The minimum Gasteiger partial charge on any atom is -0.378 e. The molecule has 0 fully saturated rings. The zero-order chi connectivity index (χ0) is 17.4. The summed E-state index contributed by atoms with van der Waals surface area (Å²) >= 11 is 0. The number of anilines is 1. The van der Waals surface area contributed by atoms with Crippen molar-refractivity contribution >= 4 is 35.6 Å². The Labute approximate surface area is 166 Å². The lowest BCUT2D eigenvalue weighted by molar-refractivity contribution is 0.604. The summed E-state index contributed by atoms with van der Waals surface area (Å²) in [5, 5.41) is 6.38. The number of benzene rings is 2. The Morgan fingerprint density at radius 1 is 1.04 bits per heavy atom. The van der Waals surface area contributed by atoms with Gasteiger partial charge in [0, 0.05) is 45.5 Å². The number of rotatable bonds is 6. The Balaban J connectivity index is 0.00000312. The van der Waals surface area contributed by atoms with E-state index in [1.165, 1.54) is 17.3 Å². The summed E-state index contributed by atoms with van der Waals surface area (Å²) in [4.78, 5) is 6.25. The van der Waals surface area contributed by atoms with Crippen LogP contribution in [-0.2, 0) is 13.0 Å². The molecule has 4 nitrogen and oxygen atoms in total. The molecule has 0 bridgehead atoms. The zero-order valence-electron chi connectivity index (χ0n) is 14.9. The third-order valence-electron chi connectivity index (χ3n) is 3.79. The third-order valence-corrected chi connectivity index (χ3v) is 3.79. The first-order chi connectivity index (χ1) is 11.6. The molecule has 2 aromatic carbocycles. The smallest absolute Gasteiger partial charge is 0.191 e. The molecule has 0 amide bonds. The van der Waals surface area contributed by atoms with Crippen LogP contribution in [-0.4, -0.2) is 33.6 Å². The van der Waals surface area contributed by atoms with Crippen molar-refractivity contribution in [2.45, 2.75) is 13.0 Å². The highest BCUT2D eigenvalue weighted by Crippen LogP contribution is 2.12. The largest absolute Gasteiger partial charge is 0.378 e. The van der Waals surface area contributed by atoms with Crippen LogP contribution in [0.3, 0.4) is 0 Å². The molecule has 0 aliphatic rings. The van der Waals surface area contributed by atoms with Crippen LogP contribution in [0.5, 0.6) is 0 Å². The minimum absolute atomic E-state index is 0. The molecule has 0 heterocycles. The molecule has 0 saturated heterocycles. The summed E-state index contributed by atoms with van der Waals surface area (Å²) in [5.41, 5.74) is 3.08. The first-order valence-corrected chi connectivity index (χ1v) is 8.04. The molecule has 0 radical (unpaired) electrons. The van der Waals surface area contributed by atoms with Gasteiger partial charge in [-0.3, -0.25) is 4.99 Å². The summed E-state index contributed by atoms with van der Waals surface area (Å²) in [6, 6.07) is 15.2. The zero-order valence-corrected chi connectivity index (χ0v) is 17.3. The Bertz CT molecular complexity index is 671. The molecule has 6 heteroatoms. The molecule has 0 aliphatic heterocycles.